The van der Waals surface area contributed by atoms with Gasteiger partial charge in [-0.2, -0.15) is 0 Å². The second kappa shape index (κ2) is 5.90. The number of aryl methyl sites for hydroxylation is 1. The third kappa shape index (κ3) is 2.62. The minimum Gasteiger partial charge on any atom is -0.353 e. The Morgan fingerprint density at radius 1 is 1.26 bits per heavy atom. The fraction of sp³-hybridized carbons (Fsp3) is 0.421. The number of benzene rings is 1. The van der Waals surface area contributed by atoms with Crippen molar-refractivity contribution in [2.75, 3.05) is 11.4 Å². The molecule has 2 aromatic rings. The SMILES string of the molecule is Cc1[nH]c(C(=O)N2CC3(CCCC3)c3cccc(F)c32)c(C)c1S(N)(=O)=O. The molecule has 144 valence electrons. The van der Waals surface area contributed by atoms with Crippen LogP contribution in [0.2, 0.25) is 0 Å². The molecule has 1 saturated carbocycles. The van der Waals surface area contributed by atoms with E-state index in [0.717, 1.165) is 31.2 Å². The second-order valence-corrected chi connectivity index (χ2v) is 9.14. The number of aromatic nitrogens is 1. The number of anilines is 1. The van der Waals surface area contributed by atoms with Crippen molar-refractivity contribution in [1.82, 2.24) is 4.98 Å². The van der Waals surface area contributed by atoms with Crippen molar-refractivity contribution in [3.8, 4) is 0 Å². The molecule has 4 rings (SSSR count). The summed E-state index contributed by atoms with van der Waals surface area (Å²) in [5.74, 6) is -0.863. The Morgan fingerprint density at radius 2 is 1.93 bits per heavy atom. The number of halogens is 1. The Kier molecular flexibility index (Phi) is 3.98. The number of carbonyl (C=O) groups excluding carboxylic acids is 1. The molecule has 1 aromatic heterocycles. The predicted molar refractivity (Wildman–Crippen MR) is 99.9 cm³/mol. The molecule has 1 aliphatic heterocycles. The summed E-state index contributed by atoms with van der Waals surface area (Å²) in [4.78, 5) is 17.5. The first kappa shape index (κ1) is 18.2. The summed E-state index contributed by atoms with van der Waals surface area (Å²) in [6, 6.07) is 4.95. The standard InChI is InChI=1S/C19H22FN3O3S/c1-11-15(22-12(2)17(11)27(21,25)26)18(24)23-10-19(8-3-4-9-19)13-6-5-7-14(20)16(13)23/h5-7,22H,3-4,8-10H2,1-2H3,(H2,21,25,26). The Labute approximate surface area is 157 Å². The van der Waals surface area contributed by atoms with Crippen molar-refractivity contribution in [2.24, 2.45) is 5.14 Å². The molecule has 0 bridgehead atoms. The van der Waals surface area contributed by atoms with Crippen molar-refractivity contribution in [2.45, 2.75) is 49.8 Å². The molecular formula is C19H22FN3O3S. The molecule has 1 aliphatic carbocycles. The molecular weight excluding hydrogens is 369 g/mol. The summed E-state index contributed by atoms with van der Waals surface area (Å²) >= 11 is 0. The zero-order valence-corrected chi connectivity index (χ0v) is 16.1. The van der Waals surface area contributed by atoms with Crippen molar-refractivity contribution in [3.63, 3.8) is 0 Å². The molecule has 1 aromatic carbocycles. The number of hydrogen-bond donors (Lipinski definition) is 2. The van der Waals surface area contributed by atoms with E-state index in [1.54, 1.807) is 19.9 Å². The zero-order valence-electron chi connectivity index (χ0n) is 15.3. The van der Waals surface area contributed by atoms with Crippen LogP contribution in [0.1, 0.15) is 53.0 Å². The van der Waals surface area contributed by atoms with Crippen LogP contribution in [0.15, 0.2) is 23.1 Å². The van der Waals surface area contributed by atoms with E-state index in [4.69, 9.17) is 5.14 Å². The van der Waals surface area contributed by atoms with Crippen LogP contribution in [-0.4, -0.2) is 25.9 Å². The molecule has 0 atom stereocenters. The normalized spacial score (nSPS) is 18.3. The monoisotopic (exact) mass is 391 g/mol. The molecule has 6 nitrogen and oxygen atoms in total. The Hall–Kier alpha value is -2.19. The first-order chi connectivity index (χ1) is 12.7. The number of hydrogen-bond acceptors (Lipinski definition) is 3. The van der Waals surface area contributed by atoms with Crippen LogP contribution in [0, 0.1) is 19.7 Å². The largest absolute Gasteiger partial charge is 0.353 e. The first-order valence-corrected chi connectivity index (χ1v) is 10.5. The summed E-state index contributed by atoms with van der Waals surface area (Å²) in [6.07, 6.45) is 3.93. The van der Waals surface area contributed by atoms with Crippen LogP contribution in [0.5, 0.6) is 0 Å². The highest BCUT2D eigenvalue weighted by Gasteiger charge is 2.48. The first-order valence-electron chi connectivity index (χ1n) is 8.98. The lowest BCUT2D eigenvalue weighted by Gasteiger charge is -2.24. The van der Waals surface area contributed by atoms with E-state index < -0.39 is 21.7 Å². The van der Waals surface area contributed by atoms with Crippen LogP contribution >= 0.6 is 0 Å². The van der Waals surface area contributed by atoms with Gasteiger partial charge in [0.05, 0.1) is 5.69 Å². The fourth-order valence-corrected chi connectivity index (χ4v) is 5.85. The predicted octanol–water partition coefficient (Wildman–Crippen LogP) is 2.89. The number of nitrogens with one attached hydrogen (secondary N) is 1. The number of fused-ring (bicyclic) bond motifs is 2. The van der Waals surface area contributed by atoms with Gasteiger partial charge in [0.1, 0.15) is 16.4 Å². The quantitative estimate of drug-likeness (QED) is 0.824. The molecule has 1 amide bonds. The topological polar surface area (TPSA) is 96.3 Å². The number of H-pyrrole nitrogens is 1. The van der Waals surface area contributed by atoms with E-state index >= 15 is 0 Å². The average Bonchev–Trinajstić information content (AvgIpc) is 3.25. The summed E-state index contributed by atoms with van der Waals surface area (Å²) in [5, 5.41) is 5.29. The number of aromatic amines is 1. The van der Waals surface area contributed by atoms with Crippen molar-refractivity contribution >= 4 is 21.6 Å². The lowest BCUT2D eigenvalue weighted by Crippen LogP contribution is -2.36. The number of primary sulfonamides is 1. The molecule has 0 unspecified atom stereocenters. The highest BCUT2D eigenvalue weighted by atomic mass is 32.2. The molecule has 8 heteroatoms. The van der Waals surface area contributed by atoms with Crippen molar-refractivity contribution in [3.05, 3.63) is 46.5 Å². The van der Waals surface area contributed by atoms with Gasteiger partial charge in [0.2, 0.25) is 10.0 Å². The van der Waals surface area contributed by atoms with Crippen molar-refractivity contribution < 1.29 is 17.6 Å². The van der Waals surface area contributed by atoms with Crippen LogP contribution in [-0.2, 0) is 15.4 Å². The Morgan fingerprint density at radius 3 is 2.52 bits per heavy atom. The highest BCUT2D eigenvalue weighted by molar-refractivity contribution is 7.89. The minimum atomic E-state index is -3.97. The molecule has 2 aliphatic rings. The second-order valence-electron chi connectivity index (χ2n) is 7.64. The van der Waals surface area contributed by atoms with Crippen molar-refractivity contribution in [1.29, 1.82) is 0 Å². The summed E-state index contributed by atoms with van der Waals surface area (Å²) < 4.78 is 38.4. The van der Waals surface area contributed by atoms with Crippen LogP contribution in [0.4, 0.5) is 10.1 Å². The van der Waals surface area contributed by atoms with Gasteiger partial charge in [-0.15, -0.1) is 0 Å². The van der Waals surface area contributed by atoms with Gasteiger partial charge in [-0.05, 0) is 43.9 Å². The van der Waals surface area contributed by atoms with E-state index in [9.17, 15) is 17.6 Å². The van der Waals surface area contributed by atoms with Gasteiger partial charge >= 0.3 is 0 Å². The van der Waals surface area contributed by atoms with Gasteiger partial charge in [0, 0.05) is 17.7 Å². The summed E-state index contributed by atoms with van der Waals surface area (Å²) in [5.41, 5.74) is 1.69. The lowest BCUT2D eigenvalue weighted by molar-refractivity contribution is 0.0979. The third-order valence-corrected chi connectivity index (χ3v) is 7.14. The molecule has 27 heavy (non-hydrogen) atoms. The zero-order chi connectivity index (χ0) is 19.6. The maximum Gasteiger partial charge on any atom is 0.275 e. The van der Waals surface area contributed by atoms with Crippen LogP contribution in [0.3, 0.4) is 0 Å². The Bertz CT molecular complexity index is 1050. The number of nitrogens with two attached hydrogens (primary N) is 1. The number of sulfonamides is 1. The van der Waals surface area contributed by atoms with E-state index in [1.165, 1.54) is 11.0 Å². The molecule has 0 saturated heterocycles. The van der Waals surface area contributed by atoms with Gasteiger partial charge in [-0.3, -0.25) is 4.79 Å². The molecule has 1 spiro atoms. The summed E-state index contributed by atoms with van der Waals surface area (Å²) in [6.45, 7) is 3.50. The van der Waals surface area contributed by atoms with Crippen LogP contribution in [0.25, 0.3) is 0 Å². The molecule has 1 fully saturated rings. The number of carbonyl (C=O) groups is 1. The van der Waals surface area contributed by atoms with E-state index in [0.29, 0.717) is 17.9 Å². The van der Waals surface area contributed by atoms with Gasteiger partial charge in [0.15, 0.2) is 0 Å². The molecule has 3 N–H and O–H groups in total. The van der Waals surface area contributed by atoms with E-state index in [1.807, 2.05) is 6.07 Å². The number of nitrogens with zero attached hydrogens (tertiary/aromatic N) is 1. The highest BCUT2D eigenvalue weighted by Crippen LogP contribution is 2.51. The van der Waals surface area contributed by atoms with Crippen LogP contribution < -0.4 is 10.0 Å². The molecule has 2 heterocycles. The Balaban J connectivity index is 1.83. The maximum atomic E-state index is 14.7. The average molecular weight is 391 g/mol. The number of para-hydroxylation sites is 1. The lowest BCUT2D eigenvalue weighted by atomic mass is 9.81. The third-order valence-electron chi connectivity index (χ3n) is 5.96. The summed E-state index contributed by atoms with van der Waals surface area (Å²) in [7, 11) is -3.97. The minimum absolute atomic E-state index is 0.0746. The van der Waals surface area contributed by atoms with Gasteiger partial charge in [-0.25, -0.2) is 17.9 Å². The maximum absolute atomic E-state index is 14.7. The van der Waals surface area contributed by atoms with Gasteiger partial charge in [0.25, 0.3) is 5.91 Å². The van der Waals surface area contributed by atoms with E-state index in [-0.39, 0.29) is 21.6 Å². The smallest absolute Gasteiger partial charge is 0.275 e. The number of rotatable bonds is 2. The number of amides is 1. The fourth-order valence-electron chi connectivity index (χ4n) is 4.85. The van der Waals surface area contributed by atoms with Gasteiger partial charge in [-0.1, -0.05) is 25.0 Å². The van der Waals surface area contributed by atoms with E-state index in [2.05, 4.69) is 4.98 Å². The molecule has 0 radical (unpaired) electrons. The van der Waals surface area contributed by atoms with Gasteiger partial charge < -0.3 is 9.88 Å².